The van der Waals surface area contributed by atoms with E-state index in [1.165, 1.54) is 7.11 Å². The summed E-state index contributed by atoms with van der Waals surface area (Å²) >= 11 is 11.6. The van der Waals surface area contributed by atoms with Gasteiger partial charge in [0.05, 0.1) is 12.7 Å². The van der Waals surface area contributed by atoms with Crippen LogP contribution in [0.4, 0.5) is 0 Å². The lowest BCUT2D eigenvalue weighted by Crippen LogP contribution is -2.49. The van der Waals surface area contributed by atoms with Crippen LogP contribution in [0.25, 0.3) is 0 Å². The molecule has 0 aliphatic carbocycles. The van der Waals surface area contributed by atoms with Crippen LogP contribution >= 0.6 is 44.1 Å². The summed E-state index contributed by atoms with van der Waals surface area (Å²) in [6.07, 6.45) is 0. The highest BCUT2D eigenvalue weighted by molar-refractivity contribution is 9.10. The van der Waals surface area contributed by atoms with Crippen molar-refractivity contribution in [3.8, 4) is 11.5 Å². The maximum absolute atomic E-state index is 12.3. The Morgan fingerprint density at radius 1 is 1.04 bits per heavy atom. The fourth-order valence-electron chi connectivity index (χ4n) is 1.90. The molecule has 0 atom stereocenters. The first kappa shape index (κ1) is 21.1. The van der Waals surface area contributed by atoms with E-state index in [0.717, 1.165) is 4.47 Å². The molecule has 2 aromatic carbocycles. The highest BCUT2D eigenvalue weighted by Gasteiger charge is 2.14. The minimum atomic E-state index is -0.481. The van der Waals surface area contributed by atoms with E-state index in [9.17, 15) is 9.59 Å². The smallest absolute Gasteiger partial charge is 0.276 e. The molecule has 0 aliphatic rings. The highest BCUT2D eigenvalue weighted by atomic mass is 79.9. The van der Waals surface area contributed by atoms with Gasteiger partial charge in [0.2, 0.25) is 0 Å². The summed E-state index contributed by atoms with van der Waals surface area (Å²) < 4.78 is 12.1. The Hall–Kier alpha value is -2.17. The fourth-order valence-corrected chi connectivity index (χ4v) is 2.67. The molecule has 10 heteroatoms. The van der Waals surface area contributed by atoms with Crippen LogP contribution in [0.1, 0.15) is 10.4 Å². The molecule has 0 aromatic heterocycles. The van der Waals surface area contributed by atoms with Gasteiger partial charge in [-0.3, -0.25) is 25.8 Å². The maximum Gasteiger partial charge on any atom is 0.276 e. The lowest BCUT2D eigenvalue weighted by atomic mass is 10.2. The van der Waals surface area contributed by atoms with Crippen molar-refractivity contribution in [3.05, 3.63) is 57.0 Å². The van der Waals surface area contributed by atoms with Gasteiger partial charge >= 0.3 is 0 Å². The van der Waals surface area contributed by atoms with E-state index in [1.807, 2.05) is 0 Å². The molecule has 27 heavy (non-hydrogen) atoms. The number of amides is 2. The summed E-state index contributed by atoms with van der Waals surface area (Å²) in [5.74, 6) is -0.00280. The molecule has 142 valence electrons. The molecular formula is C17H15Br2N3O4S. The molecule has 0 radical (unpaired) electrons. The van der Waals surface area contributed by atoms with Crippen molar-refractivity contribution in [2.75, 3.05) is 13.7 Å². The summed E-state index contributed by atoms with van der Waals surface area (Å²) in [7, 11) is 1.46. The molecule has 0 spiro atoms. The summed E-state index contributed by atoms with van der Waals surface area (Å²) in [6.45, 7) is -0.218. The van der Waals surface area contributed by atoms with E-state index in [0.29, 0.717) is 21.5 Å². The standard InChI is InChI=1S/C17H15Br2N3O4S/c1-25-14-7-4-11(19)8-13(14)16(24)20-17(27)22-21-15(23)9-26-12-5-2-10(18)3-6-12/h2-8H,9H2,1H3,(H,21,23)(H2,20,22,24,27). The number of hydrogen-bond donors (Lipinski definition) is 3. The highest BCUT2D eigenvalue weighted by Crippen LogP contribution is 2.22. The molecular weight excluding hydrogens is 502 g/mol. The number of carbonyl (C=O) groups excluding carboxylic acids is 2. The van der Waals surface area contributed by atoms with Crippen LogP contribution in [0.15, 0.2) is 51.4 Å². The second-order valence-electron chi connectivity index (χ2n) is 5.04. The molecule has 2 rings (SSSR count). The van der Waals surface area contributed by atoms with E-state index in [-0.39, 0.29) is 11.7 Å². The van der Waals surface area contributed by atoms with Crippen LogP contribution < -0.4 is 25.6 Å². The molecule has 2 aromatic rings. The second-order valence-corrected chi connectivity index (χ2v) is 7.28. The average molecular weight is 517 g/mol. The van der Waals surface area contributed by atoms with Gasteiger partial charge in [0.1, 0.15) is 11.5 Å². The number of carbonyl (C=O) groups is 2. The first-order valence-corrected chi connectivity index (χ1v) is 9.50. The summed E-state index contributed by atoms with van der Waals surface area (Å²) in [4.78, 5) is 24.1. The number of hydrogen-bond acceptors (Lipinski definition) is 5. The van der Waals surface area contributed by atoms with Crippen LogP contribution in [0.2, 0.25) is 0 Å². The van der Waals surface area contributed by atoms with Gasteiger partial charge < -0.3 is 9.47 Å². The van der Waals surface area contributed by atoms with Gasteiger partial charge in [-0.05, 0) is 54.7 Å². The predicted molar refractivity (Wildman–Crippen MR) is 112 cm³/mol. The van der Waals surface area contributed by atoms with Crippen molar-refractivity contribution < 1.29 is 19.1 Å². The molecule has 2 amide bonds. The van der Waals surface area contributed by atoms with E-state index in [1.54, 1.807) is 42.5 Å². The Balaban J connectivity index is 1.80. The Labute approximate surface area is 178 Å². The van der Waals surface area contributed by atoms with Crippen molar-refractivity contribution in [1.29, 1.82) is 0 Å². The fraction of sp³-hybridized carbons (Fsp3) is 0.118. The van der Waals surface area contributed by atoms with E-state index in [2.05, 4.69) is 48.0 Å². The van der Waals surface area contributed by atoms with Gasteiger partial charge in [-0.25, -0.2) is 0 Å². The van der Waals surface area contributed by atoms with Crippen LogP contribution in [0, 0.1) is 0 Å². The Morgan fingerprint density at radius 2 is 1.70 bits per heavy atom. The number of methoxy groups -OCH3 is 1. The summed E-state index contributed by atoms with van der Waals surface area (Å²) in [5, 5.41) is 2.38. The third-order valence-electron chi connectivity index (χ3n) is 3.13. The molecule has 0 saturated heterocycles. The number of ether oxygens (including phenoxy) is 2. The third-order valence-corrected chi connectivity index (χ3v) is 4.36. The molecule has 0 fully saturated rings. The summed E-state index contributed by atoms with van der Waals surface area (Å²) in [6, 6.07) is 12.0. The zero-order chi connectivity index (χ0) is 19.8. The van der Waals surface area contributed by atoms with Gasteiger partial charge in [-0.2, -0.15) is 0 Å². The molecule has 3 N–H and O–H groups in total. The predicted octanol–water partition coefficient (Wildman–Crippen LogP) is 2.93. The minimum Gasteiger partial charge on any atom is -0.496 e. The van der Waals surface area contributed by atoms with Crippen LogP contribution in [0.3, 0.4) is 0 Å². The van der Waals surface area contributed by atoms with E-state index in [4.69, 9.17) is 21.7 Å². The lowest BCUT2D eigenvalue weighted by molar-refractivity contribution is -0.123. The molecule has 0 aliphatic heterocycles. The average Bonchev–Trinajstić information content (AvgIpc) is 2.65. The zero-order valence-electron chi connectivity index (χ0n) is 14.0. The Kier molecular flexibility index (Phi) is 8.01. The normalized spacial score (nSPS) is 9.89. The second kappa shape index (κ2) is 10.2. The molecule has 0 heterocycles. The SMILES string of the molecule is COc1ccc(Br)cc1C(=O)NC(=S)NNC(=O)COc1ccc(Br)cc1. The molecule has 7 nitrogen and oxygen atoms in total. The number of nitrogens with one attached hydrogen (secondary N) is 3. The van der Waals surface area contributed by atoms with Gasteiger partial charge in [0.25, 0.3) is 11.8 Å². The zero-order valence-corrected chi connectivity index (χ0v) is 18.0. The number of benzene rings is 2. The topological polar surface area (TPSA) is 88.7 Å². The van der Waals surface area contributed by atoms with Crippen LogP contribution in [-0.4, -0.2) is 30.6 Å². The van der Waals surface area contributed by atoms with Gasteiger partial charge in [-0.15, -0.1) is 0 Å². The van der Waals surface area contributed by atoms with Crippen molar-refractivity contribution in [2.45, 2.75) is 0 Å². The Bertz CT molecular complexity index is 847. The molecule has 0 unspecified atom stereocenters. The number of hydrazine groups is 1. The van der Waals surface area contributed by atoms with Crippen molar-refractivity contribution in [1.82, 2.24) is 16.2 Å². The molecule has 0 saturated carbocycles. The van der Waals surface area contributed by atoms with Gasteiger partial charge in [0, 0.05) is 8.95 Å². The quantitative estimate of drug-likeness (QED) is 0.418. The van der Waals surface area contributed by atoms with Crippen molar-refractivity contribution in [3.63, 3.8) is 0 Å². The van der Waals surface area contributed by atoms with Gasteiger partial charge in [-0.1, -0.05) is 31.9 Å². The van der Waals surface area contributed by atoms with Crippen molar-refractivity contribution in [2.24, 2.45) is 0 Å². The summed E-state index contributed by atoms with van der Waals surface area (Å²) in [5.41, 5.74) is 5.07. The number of halogens is 2. The van der Waals surface area contributed by atoms with E-state index < -0.39 is 11.8 Å². The number of rotatable bonds is 5. The van der Waals surface area contributed by atoms with Crippen LogP contribution in [-0.2, 0) is 4.79 Å². The third kappa shape index (κ3) is 6.81. The largest absolute Gasteiger partial charge is 0.496 e. The first-order chi connectivity index (χ1) is 12.9. The first-order valence-electron chi connectivity index (χ1n) is 7.51. The van der Waals surface area contributed by atoms with Gasteiger partial charge in [0.15, 0.2) is 11.7 Å². The van der Waals surface area contributed by atoms with Crippen LogP contribution in [0.5, 0.6) is 11.5 Å². The number of thiocarbonyl (C=S) groups is 1. The maximum atomic E-state index is 12.3. The monoisotopic (exact) mass is 515 g/mol. The Morgan fingerprint density at radius 3 is 2.37 bits per heavy atom. The minimum absolute atomic E-state index is 0.0704. The van der Waals surface area contributed by atoms with E-state index >= 15 is 0 Å². The lowest BCUT2D eigenvalue weighted by Gasteiger charge is -2.13. The van der Waals surface area contributed by atoms with Crippen molar-refractivity contribution >= 4 is 61.0 Å². The molecule has 0 bridgehead atoms.